The van der Waals surface area contributed by atoms with Crippen LogP contribution in [-0.4, -0.2) is 30.4 Å². The van der Waals surface area contributed by atoms with Gasteiger partial charge in [0.1, 0.15) is 11.7 Å². The van der Waals surface area contributed by atoms with Crippen molar-refractivity contribution in [3.8, 4) is 0 Å². The zero-order valence-electron chi connectivity index (χ0n) is 12.1. The van der Waals surface area contributed by atoms with Crippen molar-refractivity contribution in [3.63, 3.8) is 0 Å². The SMILES string of the molecule is CCOC(=O)C1C(=O)N=C(c2c(C)cccc2F)NC1C. The molecule has 0 aromatic heterocycles. The molecule has 2 unspecified atom stereocenters. The van der Waals surface area contributed by atoms with Crippen LogP contribution in [0.4, 0.5) is 4.39 Å². The van der Waals surface area contributed by atoms with Crippen molar-refractivity contribution in [2.75, 3.05) is 6.61 Å². The Bertz CT molecular complexity index is 593. The number of amidine groups is 1. The van der Waals surface area contributed by atoms with E-state index in [-0.39, 0.29) is 18.0 Å². The van der Waals surface area contributed by atoms with E-state index in [0.29, 0.717) is 5.56 Å². The Morgan fingerprint density at radius 2 is 2.19 bits per heavy atom. The molecular formula is C15H17FN2O3. The minimum absolute atomic E-state index is 0.156. The molecule has 0 saturated heterocycles. The summed E-state index contributed by atoms with van der Waals surface area (Å²) in [5.74, 6) is -2.53. The van der Waals surface area contributed by atoms with Crippen LogP contribution in [0.1, 0.15) is 25.0 Å². The number of carbonyl (C=O) groups is 2. The molecule has 1 aliphatic heterocycles. The lowest BCUT2D eigenvalue weighted by atomic mass is 9.96. The van der Waals surface area contributed by atoms with Crippen molar-refractivity contribution in [3.05, 3.63) is 35.1 Å². The zero-order chi connectivity index (χ0) is 15.6. The van der Waals surface area contributed by atoms with Gasteiger partial charge in [0.05, 0.1) is 12.2 Å². The van der Waals surface area contributed by atoms with Crippen LogP contribution in [0.5, 0.6) is 0 Å². The summed E-state index contributed by atoms with van der Waals surface area (Å²) in [6, 6.07) is 4.11. The highest BCUT2D eigenvalue weighted by molar-refractivity contribution is 6.12. The molecule has 2 atom stereocenters. The molecular weight excluding hydrogens is 275 g/mol. The van der Waals surface area contributed by atoms with Crippen LogP contribution in [0, 0.1) is 18.7 Å². The standard InChI is InChI=1S/C15H17FN2O3/c1-4-21-15(20)12-9(3)17-13(18-14(12)19)11-8(2)6-5-7-10(11)16/h5-7,9,12H,4H2,1-3H3,(H,17,18,19). The van der Waals surface area contributed by atoms with Gasteiger partial charge in [0.15, 0.2) is 5.92 Å². The van der Waals surface area contributed by atoms with Crippen molar-refractivity contribution < 1.29 is 18.7 Å². The monoisotopic (exact) mass is 292 g/mol. The average molecular weight is 292 g/mol. The zero-order valence-corrected chi connectivity index (χ0v) is 12.1. The fraction of sp³-hybridized carbons (Fsp3) is 0.400. The van der Waals surface area contributed by atoms with Gasteiger partial charge in [0, 0.05) is 6.04 Å². The molecule has 1 N–H and O–H groups in total. The van der Waals surface area contributed by atoms with Gasteiger partial charge >= 0.3 is 5.97 Å². The van der Waals surface area contributed by atoms with Crippen LogP contribution in [0.2, 0.25) is 0 Å². The van der Waals surface area contributed by atoms with Crippen molar-refractivity contribution in [2.45, 2.75) is 26.8 Å². The van der Waals surface area contributed by atoms with E-state index in [1.807, 2.05) is 0 Å². The minimum atomic E-state index is -0.999. The van der Waals surface area contributed by atoms with E-state index in [2.05, 4.69) is 10.3 Å². The van der Waals surface area contributed by atoms with Gasteiger partial charge in [-0.05, 0) is 32.4 Å². The molecule has 1 heterocycles. The third-order valence-electron chi connectivity index (χ3n) is 3.35. The van der Waals surface area contributed by atoms with E-state index in [1.54, 1.807) is 32.9 Å². The first kappa shape index (κ1) is 15.2. The van der Waals surface area contributed by atoms with Crippen LogP contribution in [0.25, 0.3) is 0 Å². The summed E-state index contributed by atoms with van der Waals surface area (Å²) in [6.07, 6.45) is 0. The van der Waals surface area contributed by atoms with Crippen LogP contribution in [0.3, 0.4) is 0 Å². The number of hydrogen-bond donors (Lipinski definition) is 1. The van der Waals surface area contributed by atoms with Gasteiger partial charge in [0.25, 0.3) is 5.91 Å². The summed E-state index contributed by atoms with van der Waals surface area (Å²) in [6.45, 7) is 5.26. The van der Waals surface area contributed by atoms with E-state index < -0.39 is 29.7 Å². The number of ether oxygens (including phenoxy) is 1. The molecule has 6 heteroatoms. The fourth-order valence-corrected chi connectivity index (χ4v) is 2.32. The average Bonchev–Trinajstić information content (AvgIpc) is 2.38. The van der Waals surface area contributed by atoms with E-state index in [4.69, 9.17) is 4.74 Å². The lowest BCUT2D eigenvalue weighted by Crippen LogP contribution is -2.50. The maximum absolute atomic E-state index is 13.9. The largest absolute Gasteiger partial charge is 0.465 e. The Labute approximate surface area is 122 Å². The number of amides is 1. The predicted molar refractivity (Wildman–Crippen MR) is 75.4 cm³/mol. The predicted octanol–water partition coefficient (Wildman–Crippen LogP) is 1.58. The van der Waals surface area contributed by atoms with Crippen molar-refractivity contribution >= 4 is 17.7 Å². The highest BCUT2D eigenvalue weighted by Gasteiger charge is 2.38. The van der Waals surface area contributed by atoms with Crippen LogP contribution >= 0.6 is 0 Å². The fourth-order valence-electron chi connectivity index (χ4n) is 2.32. The Morgan fingerprint density at radius 3 is 2.76 bits per heavy atom. The summed E-state index contributed by atoms with van der Waals surface area (Å²) in [5, 5.41) is 2.92. The van der Waals surface area contributed by atoms with Crippen molar-refractivity contribution in [2.24, 2.45) is 10.9 Å². The number of nitrogens with zero attached hydrogens (tertiary/aromatic N) is 1. The van der Waals surface area contributed by atoms with E-state index in [9.17, 15) is 14.0 Å². The molecule has 0 spiro atoms. The molecule has 2 rings (SSSR count). The molecule has 1 aromatic rings. The molecule has 0 bridgehead atoms. The molecule has 1 aromatic carbocycles. The van der Waals surface area contributed by atoms with Gasteiger partial charge < -0.3 is 10.1 Å². The highest BCUT2D eigenvalue weighted by atomic mass is 19.1. The maximum atomic E-state index is 13.9. The normalized spacial score (nSPS) is 21.5. The van der Waals surface area contributed by atoms with Gasteiger partial charge in [0.2, 0.25) is 0 Å². The second kappa shape index (κ2) is 6.03. The Kier molecular flexibility index (Phi) is 4.35. The summed E-state index contributed by atoms with van der Waals surface area (Å²) in [7, 11) is 0. The summed E-state index contributed by atoms with van der Waals surface area (Å²) in [4.78, 5) is 27.7. The minimum Gasteiger partial charge on any atom is -0.465 e. The van der Waals surface area contributed by atoms with E-state index in [0.717, 1.165) is 0 Å². The Balaban J connectivity index is 2.36. The van der Waals surface area contributed by atoms with Crippen LogP contribution in [-0.2, 0) is 14.3 Å². The first-order chi connectivity index (χ1) is 9.95. The first-order valence-corrected chi connectivity index (χ1v) is 6.77. The number of aliphatic imine (C=N–C) groups is 1. The molecule has 1 amide bonds. The Hall–Kier alpha value is -2.24. The number of nitrogens with one attached hydrogen (secondary N) is 1. The second-order valence-corrected chi connectivity index (χ2v) is 4.89. The first-order valence-electron chi connectivity index (χ1n) is 6.77. The third-order valence-corrected chi connectivity index (χ3v) is 3.35. The number of esters is 1. The topological polar surface area (TPSA) is 67.8 Å². The smallest absolute Gasteiger partial charge is 0.320 e. The maximum Gasteiger partial charge on any atom is 0.320 e. The van der Waals surface area contributed by atoms with Crippen molar-refractivity contribution in [1.29, 1.82) is 0 Å². The van der Waals surface area contributed by atoms with E-state index >= 15 is 0 Å². The summed E-state index contributed by atoms with van der Waals surface area (Å²) >= 11 is 0. The number of hydrogen-bond acceptors (Lipinski definition) is 4. The molecule has 0 fully saturated rings. The molecule has 112 valence electrons. The van der Waals surface area contributed by atoms with Gasteiger partial charge in [-0.2, -0.15) is 4.99 Å². The number of carbonyl (C=O) groups excluding carboxylic acids is 2. The number of benzene rings is 1. The van der Waals surface area contributed by atoms with Gasteiger partial charge in [-0.3, -0.25) is 9.59 Å². The lowest BCUT2D eigenvalue weighted by molar-refractivity contribution is -0.152. The molecule has 1 aliphatic rings. The molecule has 0 aliphatic carbocycles. The second-order valence-electron chi connectivity index (χ2n) is 4.89. The molecule has 5 nitrogen and oxygen atoms in total. The van der Waals surface area contributed by atoms with Gasteiger partial charge in [-0.1, -0.05) is 12.1 Å². The molecule has 0 saturated carbocycles. The Morgan fingerprint density at radius 1 is 1.48 bits per heavy atom. The lowest BCUT2D eigenvalue weighted by Gasteiger charge is -2.27. The quantitative estimate of drug-likeness (QED) is 0.678. The van der Waals surface area contributed by atoms with Crippen molar-refractivity contribution in [1.82, 2.24) is 5.32 Å². The van der Waals surface area contributed by atoms with Crippen LogP contribution < -0.4 is 5.32 Å². The molecule has 0 radical (unpaired) electrons. The number of aryl methyl sites for hydroxylation is 1. The third kappa shape index (κ3) is 2.94. The van der Waals surface area contributed by atoms with Gasteiger partial charge in [-0.15, -0.1) is 0 Å². The van der Waals surface area contributed by atoms with Gasteiger partial charge in [-0.25, -0.2) is 4.39 Å². The van der Waals surface area contributed by atoms with Crippen LogP contribution in [0.15, 0.2) is 23.2 Å². The number of halogens is 1. The highest BCUT2D eigenvalue weighted by Crippen LogP contribution is 2.19. The number of rotatable bonds is 3. The molecule has 21 heavy (non-hydrogen) atoms. The van der Waals surface area contributed by atoms with E-state index in [1.165, 1.54) is 6.07 Å². The summed E-state index contributed by atoms with van der Waals surface area (Å²) < 4.78 is 18.8. The summed E-state index contributed by atoms with van der Waals surface area (Å²) in [5.41, 5.74) is 0.913.